The van der Waals surface area contributed by atoms with E-state index in [1.165, 1.54) is 6.08 Å². The fourth-order valence-electron chi connectivity index (χ4n) is 3.91. The van der Waals surface area contributed by atoms with Crippen molar-refractivity contribution in [3.05, 3.63) is 39.5 Å². The van der Waals surface area contributed by atoms with Crippen LogP contribution in [0.5, 0.6) is 5.75 Å². The molecule has 0 unspecified atom stereocenters. The van der Waals surface area contributed by atoms with E-state index in [-0.39, 0.29) is 25.1 Å². The number of carbonyl (C=O) groups is 2. The van der Waals surface area contributed by atoms with Crippen LogP contribution in [0, 0.1) is 9.49 Å². The molecule has 1 aromatic carbocycles. The highest BCUT2D eigenvalue weighted by atomic mass is 127. The van der Waals surface area contributed by atoms with Crippen LogP contribution < -0.4 is 10.1 Å². The third-order valence-corrected chi connectivity index (χ3v) is 6.69. The van der Waals surface area contributed by atoms with Crippen LogP contribution in [0.15, 0.2) is 35.9 Å². The van der Waals surface area contributed by atoms with E-state index < -0.39 is 48.7 Å². The molecule has 0 spiro atoms. The summed E-state index contributed by atoms with van der Waals surface area (Å²) < 4.78 is 46.9. The van der Waals surface area contributed by atoms with Crippen LogP contribution in [-0.4, -0.2) is 71.0 Å². The molecule has 182 valence electrons. The van der Waals surface area contributed by atoms with Crippen molar-refractivity contribution < 1.29 is 37.7 Å². The number of amides is 2. The third kappa shape index (κ3) is 6.60. The van der Waals surface area contributed by atoms with Gasteiger partial charge in [0.1, 0.15) is 24.5 Å². The van der Waals surface area contributed by atoms with Crippen LogP contribution in [0.4, 0.5) is 13.2 Å². The molecule has 1 fully saturated rings. The number of rotatable bonds is 8. The Balaban J connectivity index is 1.94. The van der Waals surface area contributed by atoms with Gasteiger partial charge in [0.25, 0.3) is 0 Å². The molecule has 0 aromatic heterocycles. The highest BCUT2D eigenvalue weighted by molar-refractivity contribution is 14.1. The molecule has 0 bridgehead atoms. The summed E-state index contributed by atoms with van der Waals surface area (Å²) in [5.41, 5.74) is 0.0864. The Kier molecular flexibility index (Phi) is 8.62. The lowest BCUT2D eigenvalue weighted by Crippen LogP contribution is -2.58. The molecule has 1 aromatic rings. The number of benzene rings is 1. The molecule has 7 nitrogen and oxygen atoms in total. The van der Waals surface area contributed by atoms with E-state index in [2.05, 4.69) is 5.32 Å². The van der Waals surface area contributed by atoms with Gasteiger partial charge in [-0.1, -0.05) is 18.6 Å². The SMILES string of the molecule is O=C(NCCO)C1=C[C@H](Oc2ccccc2I)[C@@H](O)[C@H](N(CC(F)(F)F)C(=O)C2CCC2)C1. The van der Waals surface area contributed by atoms with E-state index in [1.807, 2.05) is 22.6 Å². The normalized spacial score (nSPS) is 23.3. The minimum absolute atomic E-state index is 0.0429. The van der Waals surface area contributed by atoms with Crippen molar-refractivity contribution in [3.8, 4) is 5.75 Å². The van der Waals surface area contributed by atoms with Crippen LogP contribution in [-0.2, 0) is 9.59 Å². The van der Waals surface area contributed by atoms with Gasteiger partial charge in [-0.2, -0.15) is 13.2 Å². The number of carbonyl (C=O) groups excluding carboxylic acids is 2. The molecular formula is C22H26F3IN2O5. The number of hydrogen-bond donors (Lipinski definition) is 3. The number of nitrogens with one attached hydrogen (secondary N) is 1. The number of hydrogen-bond acceptors (Lipinski definition) is 5. The first-order valence-corrected chi connectivity index (χ1v) is 11.7. The number of alkyl halides is 3. The molecule has 3 rings (SSSR count). The van der Waals surface area contributed by atoms with E-state index in [0.29, 0.717) is 27.1 Å². The highest BCUT2D eigenvalue weighted by Crippen LogP contribution is 2.35. The minimum Gasteiger partial charge on any atom is -0.482 e. The Morgan fingerprint density at radius 3 is 2.52 bits per heavy atom. The number of nitrogens with zero attached hydrogens (tertiary/aromatic N) is 1. The maximum absolute atomic E-state index is 13.4. The van der Waals surface area contributed by atoms with Crippen LogP contribution in [0.25, 0.3) is 0 Å². The summed E-state index contributed by atoms with van der Waals surface area (Å²) in [6.45, 7) is -1.88. The molecule has 33 heavy (non-hydrogen) atoms. The first kappa shape index (κ1) is 25.8. The Morgan fingerprint density at radius 2 is 1.94 bits per heavy atom. The molecule has 2 aliphatic rings. The van der Waals surface area contributed by atoms with Gasteiger partial charge in [-0.3, -0.25) is 9.59 Å². The summed E-state index contributed by atoms with van der Waals surface area (Å²) in [6, 6.07) is 5.59. The van der Waals surface area contributed by atoms with Gasteiger partial charge in [-0.05, 0) is 53.6 Å². The standard InChI is InChI=1S/C22H26F3IN2O5/c23-22(24,25)12-28(21(32)13-4-3-5-13)16-10-14(20(31)27-8-9-29)11-18(19(16)30)33-17-7-2-1-6-15(17)26/h1-2,6-7,11,13,16,18-19,29-30H,3-5,8-10,12H2,(H,27,31)/t16-,18+,19+/m1/s1. The summed E-state index contributed by atoms with van der Waals surface area (Å²) in [7, 11) is 0. The van der Waals surface area contributed by atoms with Crippen molar-refractivity contribution in [2.24, 2.45) is 5.92 Å². The summed E-state index contributed by atoms with van der Waals surface area (Å²) in [5, 5.41) is 22.5. The molecule has 2 amide bonds. The first-order chi connectivity index (χ1) is 15.6. The Bertz CT molecular complexity index is 891. The van der Waals surface area contributed by atoms with Crippen molar-refractivity contribution in [3.63, 3.8) is 0 Å². The smallest absolute Gasteiger partial charge is 0.406 e. The highest BCUT2D eigenvalue weighted by Gasteiger charge is 2.46. The summed E-state index contributed by atoms with van der Waals surface area (Å²) in [6.07, 6.45) is -4.45. The molecule has 0 aliphatic heterocycles. The van der Waals surface area contributed by atoms with Crippen molar-refractivity contribution in [2.75, 3.05) is 19.7 Å². The van der Waals surface area contributed by atoms with Gasteiger partial charge < -0.3 is 25.2 Å². The fourth-order valence-corrected chi connectivity index (χ4v) is 4.42. The first-order valence-electron chi connectivity index (χ1n) is 10.7. The molecule has 0 saturated heterocycles. The molecule has 0 heterocycles. The Labute approximate surface area is 203 Å². The molecule has 11 heteroatoms. The number of aliphatic hydroxyl groups is 2. The molecule has 3 atom stereocenters. The van der Waals surface area contributed by atoms with E-state index >= 15 is 0 Å². The monoisotopic (exact) mass is 582 g/mol. The quantitative estimate of drug-likeness (QED) is 0.410. The fraction of sp³-hybridized carbons (Fsp3) is 0.545. The number of para-hydroxylation sites is 1. The maximum atomic E-state index is 13.4. The zero-order valence-electron chi connectivity index (χ0n) is 17.7. The third-order valence-electron chi connectivity index (χ3n) is 5.80. The average molecular weight is 582 g/mol. The minimum atomic E-state index is -4.68. The summed E-state index contributed by atoms with van der Waals surface area (Å²) in [4.78, 5) is 26.2. The average Bonchev–Trinajstić information content (AvgIpc) is 2.71. The van der Waals surface area contributed by atoms with Crippen molar-refractivity contribution in [1.82, 2.24) is 10.2 Å². The van der Waals surface area contributed by atoms with Gasteiger partial charge in [-0.25, -0.2) is 0 Å². The van der Waals surface area contributed by atoms with Crippen LogP contribution in [0.3, 0.4) is 0 Å². The molecule has 2 aliphatic carbocycles. The van der Waals surface area contributed by atoms with Crippen molar-refractivity contribution in [2.45, 2.75) is 50.1 Å². The number of aliphatic hydroxyl groups excluding tert-OH is 2. The van der Waals surface area contributed by atoms with E-state index in [1.54, 1.807) is 24.3 Å². The van der Waals surface area contributed by atoms with Gasteiger partial charge >= 0.3 is 6.18 Å². The van der Waals surface area contributed by atoms with Crippen LogP contribution in [0.1, 0.15) is 25.7 Å². The van der Waals surface area contributed by atoms with Crippen molar-refractivity contribution >= 4 is 34.4 Å². The molecular weight excluding hydrogens is 556 g/mol. The predicted octanol–water partition coefficient (Wildman–Crippen LogP) is 2.40. The lowest BCUT2D eigenvalue weighted by molar-refractivity contribution is -0.176. The van der Waals surface area contributed by atoms with E-state index in [9.17, 15) is 27.9 Å². The Hall–Kier alpha value is -1.86. The molecule has 0 radical (unpaired) electrons. The maximum Gasteiger partial charge on any atom is 0.406 e. The zero-order chi connectivity index (χ0) is 24.2. The number of ether oxygens (including phenoxy) is 1. The second-order valence-corrected chi connectivity index (χ2v) is 9.32. The molecule has 1 saturated carbocycles. The number of halogens is 4. The largest absolute Gasteiger partial charge is 0.482 e. The topological polar surface area (TPSA) is 99.1 Å². The van der Waals surface area contributed by atoms with Gasteiger partial charge in [-0.15, -0.1) is 0 Å². The predicted molar refractivity (Wildman–Crippen MR) is 121 cm³/mol. The van der Waals surface area contributed by atoms with Crippen LogP contribution >= 0.6 is 22.6 Å². The second-order valence-electron chi connectivity index (χ2n) is 8.16. The van der Waals surface area contributed by atoms with E-state index in [0.717, 1.165) is 6.42 Å². The van der Waals surface area contributed by atoms with Gasteiger partial charge in [0.15, 0.2) is 0 Å². The lowest BCUT2D eigenvalue weighted by Gasteiger charge is -2.43. The lowest BCUT2D eigenvalue weighted by atomic mass is 9.82. The van der Waals surface area contributed by atoms with Crippen LogP contribution in [0.2, 0.25) is 0 Å². The molecule has 3 N–H and O–H groups in total. The van der Waals surface area contributed by atoms with E-state index in [4.69, 9.17) is 9.84 Å². The summed E-state index contributed by atoms with van der Waals surface area (Å²) in [5.74, 6) is -1.40. The van der Waals surface area contributed by atoms with Crippen molar-refractivity contribution in [1.29, 1.82) is 0 Å². The zero-order valence-corrected chi connectivity index (χ0v) is 19.9. The van der Waals surface area contributed by atoms with Gasteiger partial charge in [0.05, 0.1) is 16.2 Å². The summed E-state index contributed by atoms with van der Waals surface area (Å²) >= 11 is 2.02. The Morgan fingerprint density at radius 1 is 1.24 bits per heavy atom. The second kappa shape index (κ2) is 11.0. The van der Waals surface area contributed by atoms with Gasteiger partial charge in [0.2, 0.25) is 11.8 Å². The van der Waals surface area contributed by atoms with Gasteiger partial charge in [0, 0.05) is 24.5 Å².